The molecule has 0 spiro atoms. The average Bonchev–Trinajstić information content (AvgIpc) is 3.38. The molecular weight excluding hydrogens is 583 g/mol. The first-order chi connectivity index (χ1) is 17.2. The number of nitrogens with one attached hydrogen (secondary N) is 1. The Bertz CT molecular complexity index is 1410. The Morgan fingerprint density at radius 3 is 2.24 bits per heavy atom. The molecule has 0 bridgehead atoms. The summed E-state index contributed by atoms with van der Waals surface area (Å²) in [5.74, 6) is -5.21. The summed E-state index contributed by atoms with van der Waals surface area (Å²) in [5, 5.41) is 2.51. The van der Waals surface area contributed by atoms with Crippen molar-refractivity contribution in [2.45, 2.75) is 22.8 Å². The van der Waals surface area contributed by atoms with Crippen LogP contribution in [0.4, 0.5) is 27.6 Å². The van der Waals surface area contributed by atoms with E-state index in [9.17, 15) is 31.5 Å². The van der Waals surface area contributed by atoms with Gasteiger partial charge in [-0.3, -0.25) is 9.59 Å². The molecule has 3 nitrogen and oxygen atoms in total. The molecule has 2 atom stereocenters. The molecule has 37 heavy (non-hydrogen) atoms. The second kappa shape index (κ2) is 10.1. The van der Waals surface area contributed by atoms with Crippen LogP contribution in [0.3, 0.4) is 0 Å². The Morgan fingerprint density at radius 2 is 1.59 bits per heavy atom. The van der Waals surface area contributed by atoms with Crippen molar-refractivity contribution in [3.8, 4) is 0 Å². The number of carbonyl (C=O) groups excluding carboxylic acids is 2. The zero-order chi connectivity index (χ0) is 27.3. The summed E-state index contributed by atoms with van der Waals surface area (Å²) in [6, 6.07) is 9.41. The number of amides is 1. The van der Waals surface area contributed by atoms with Gasteiger partial charge in [-0.05, 0) is 53.6 Å². The molecule has 1 saturated carbocycles. The van der Waals surface area contributed by atoms with E-state index in [1.54, 1.807) is 0 Å². The van der Waals surface area contributed by atoms with Crippen LogP contribution in [0.5, 0.6) is 0 Å². The van der Waals surface area contributed by atoms with Crippen LogP contribution in [0.2, 0.25) is 10.0 Å². The van der Waals surface area contributed by atoms with E-state index in [1.165, 1.54) is 18.2 Å². The van der Waals surface area contributed by atoms with Crippen LogP contribution in [0.15, 0.2) is 54.6 Å². The maximum Gasteiger partial charge on any atom is 0.416 e. The van der Waals surface area contributed by atoms with Crippen LogP contribution >= 0.6 is 46.4 Å². The third-order valence-electron chi connectivity index (χ3n) is 5.89. The third-order valence-corrected chi connectivity index (χ3v) is 7.51. The quantitative estimate of drug-likeness (QED) is 0.177. The predicted octanol–water partition coefficient (Wildman–Crippen LogP) is 8.24. The first-order valence-corrected chi connectivity index (χ1v) is 12.0. The number of hydrogen-bond acceptors (Lipinski definition) is 2. The lowest BCUT2D eigenvalue weighted by Gasteiger charge is -2.11. The van der Waals surface area contributed by atoms with Gasteiger partial charge in [-0.2, -0.15) is 13.2 Å². The normalized spacial score (nSPS) is 18.4. The summed E-state index contributed by atoms with van der Waals surface area (Å²) in [6.45, 7) is 0. The van der Waals surface area contributed by atoms with Crippen LogP contribution in [-0.2, 0) is 17.4 Å². The van der Waals surface area contributed by atoms with Gasteiger partial charge < -0.3 is 5.32 Å². The number of benzene rings is 3. The van der Waals surface area contributed by atoms with E-state index in [0.29, 0.717) is 6.07 Å². The molecule has 1 amide bonds. The molecule has 1 fully saturated rings. The van der Waals surface area contributed by atoms with E-state index in [2.05, 4.69) is 5.32 Å². The highest BCUT2D eigenvalue weighted by atomic mass is 35.5. The lowest BCUT2D eigenvalue weighted by Crippen LogP contribution is -2.17. The number of Topliss-reactive ketones (excluding diaryl/α,β-unsaturated/α-hetero) is 1. The molecule has 1 aliphatic carbocycles. The topological polar surface area (TPSA) is 46.2 Å². The molecular formula is C25H14Cl4F5NO2. The fourth-order valence-corrected chi connectivity index (χ4v) is 5.24. The lowest BCUT2D eigenvalue weighted by molar-refractivity contribution is -0.137. The van der Waals surface area contributed by atoms with Crippen molar-refractivity contribution >= 4 is 63.8 Å². The van der Waals surface area contributed by atoms with E-state index < -0.39 is 57.7 Å². The second-order valence-corrected chi connectivity index (χ2v) is 10.6. The van der Waals surface area contributed by atoms with Gasteiger partial charge in [0.05, 0.1) is 16.5 Å². The molecule has 0 aliphatic heterocycles. The lowest BCUT2D eigenvalue weighted by atomic mass is 10.0. The van der Waals surface area contributed by atoms with Gasteiger partial charge in [0.25, 0.3) is 0 Å². The molecule has 2 unspecified atom stereocenters. The van der Waals surface area contributed by atoms with Crippen molar-refractivity contribution in [1.82, 2.24) is 0 Å². The Morgan fingerprint density at radius 1 is 0.919 bits per heavy atom. The van der Waals surface area contributed by atoms with Crippen LogP contribution in [0.25, 0.3) is 0 Å². The summed E-state index contributed by atoms with van der Waals surface area (Å²) in [7, 11) is 0. The van der Waals surface area contributed by atoms with Crippen LogP contribution in [0, 0.1) is 17.6 Å². The second-order valence-electron chi connectivity index (χ2n) is 8.38. The first kappa shape index (κ1) is 27.6. The molecule has 0 saturated heterocycles. The van der Waals surface area contributed by atoms with Crippen molar-refractivity contribution in [2.24, 2.45) is 5.92 Å². The van der Waals surface area contributed by atoms with Gasteiger partial charge in [0.1, 0.15) is 16.0 Å². The average molecular weight is 597 g/mol. The predicted molar refractivity (Wildman–Crippen MR) is 132 cm³/mol. The summed E-state index contributed by atoms with van der Waals surface area (Å²) >= 11 is 24.7. The van der Waals surface area contributed by atoms with Crippen LogP contribution in [0.1, 0.15) is 33.0 Å². The summed E-state index contributed by atoms with van der Waals surface area (Å²) < 4.78 is 64.9. The van der Waals surface area contributed by atoms with Crippen molar-refractivity contribution in [3.05, 3.63) is 98.5 Å². The van der Waals surface area contributed by atoms with Gasteiger partial charge in [-0.15, -0.1) is 23.2 Å². The standard InChI is InChI=1S/C25H14Cl4F5NO2/c26-17-6-4-14(10-15(17)20(36)7-11-1-3-13(30)9-19(11)31)35-23(37)22-21(24(22,28)29)16-8-12(25(32,33)34)2-5-18(16)27/h1-6,8-10,21-22H,7H2,(H,35,37). The maximum atomic E-state index is 14.0. The smallest absolute Gasteiger partial charge is 0.326 e. The number of halogens is 9. The molecule has 0 radical (unpaired) electrons. The molecule has 194 valence electrons. The van der Waals surface area contributed by atoms with E-state index in [4.69, 9.17) is 46.4 Å². The summed E-state index contributed by atoms with van der Waals surface area (Å²) in [6.07, 6.45) is -5.06. The van der Waals surface area contributed by atoms with Gasteiger partial charge in [0.2, 0.25) is 5.91 Å². The van der Waals surface area contributed by atoms with E-state index >= 15 is 0 Å². The molecule has 1 N–H and O–H groups in total. The molecule has 12 heteroatoms. The van der Waals surface area contributed by atoms with Crippen LogP contribution in [-0.4, -0.2) is 16.0 Å². The number of carbonyl (C=O) groups is 2. The molecule has 1 aliphatic rings. The van der Waals surface area contributed by atoms with Crippen molar-refractivity contribution in [2.75, 3.05) is 5.32 Å². The summed E-state index contributed by atoms with van der Waals surface area (Å²) in [5.41, 5.74) is -0.984. The van der Waals surface area contributed by atoms with Gasteiger partial charge in [-0.25, -0.2) is 8.78 Å². The largest absolute Gasteiger partial charge is 0.416 e. The molecule has 4 rings (SSSR count). The monoisotopic (exact) mass is 595 g/mol. The zero-order valence-electron chi connectivity index (χ0n) is 18.3. The molecule has 3 aromatic rings. The minimum atomic E-state index is -4.64. The molecule has 3 aromatic carbocycles. The number of alkyl halides is 5. The zero-order valence-corrected chi connectivity index (χ0v) is 21.3. The van der Waals surface area contributed by atoms with Gasteiger partial charge in [0, 0.05) is 34.7 Å². The third kappa shape index (κ3) is 5.72. The van der Waals surface area contributed by atoms with Gasteiger partial charge in [0.15, 0.2) is 5.78 Å². The van der Waals surface area contributed by atoms with E-state index in [1.807, 2.05) is 0 Å². The fourth-order valence-electron chi connectivity index (χ4n) is 3.97. The van der Waals surface area contributed by atoms with Crippen molar-refractivity contribution in [1.29, 1.82) is 0 Å². The van der Waals surface area contributed by atoms with Crippen molar-refractivity contribution < 1.29 is 31.5 Å². The van der Waals surface area contributed by atoms with E-state index in [0.717, 1.165) is 30.3 Å². The minimum Gasteiger partial charge on any atom is -0.326 e. The highest BCUT2D eigenvalue weighted by Gasteiger charge is 2.68. The van der Waals surface area contributed by atoms with Gasteiger partial charge >= 0.3 is 6.18 Å². The number of anilines is 1. The Balaban J connectivity index is 1.54. The number of ketones is 1. The summed E-state index contributed by atoms with van der Waals surface area (Å²) in [4.78, 5) is 25.7. The minimum absolute atomic E-state index is 0.0228. The molecule has 0 aromatic heterocycles. The molecule has 0 heterocycles. The first-order valence-electron chi connectivity index (χ1n) is 10.5. The fraction of sp³-hybridized carbons (Fsp3) is 0.200. The number of rotatable bonds is 6. The van der Waals surface area contributed by atoms with E-state index in [-0.39, 0.29) is 32.4 Å². The Kier molecular flexibility index (Phi) is 7.51. The number of hydrogen-bond donors (Lipinski definition) is 1. The highest BCUT2D eigenvalue weighted by Crippen LogP contribution is 2.66. The van der Waals surface area contributed by atoms with Gasteiger partial charge in [-0.1, -0.05) is 29.3 Å². The van der Waals surface area contributed by atoms with Crippen LogP contribution < -0.4 is 5.32 Å². The SMILES string of the molecule is O=C(Cc1ccc(F)cc1F)c1cc(NC(=O)C2C(c3cc(C(F)(F)F)ccc3Cl)C2(Cl)Cl)ccc1Cl. The maximum absolute atomic E-state index is 14.0. The Labute approximate surface area is 227 Å². The Hall–Kier alpha value is -2.39. The highest BCUT2D eigenvalue weighted by molar-refractivity contribution is 6.54. The van der Waals surface area contributed by atoms with Crippen molar-refractivity contribution in [3.63, 3.8) is 0 Å².